The molecule has 0 aliphatic carbocycles. The minimum absolute atomic E-state index is 0.429. The maximum absolute atomic E-state index is 4.54. The van der Waals surface area contributed by atoms with Gasteiger partial charge in [0.2, 0.25) is 0 Å². The number of aliphatic imine (C=N–C) groups is 1. The van der Waals surface area contributed by atoms with Crippen LogP contribution in [0.1, 0.15) is 33.1 Å². The van der Waals surface area contributed by atoms with Crippen LogP contribution in [-0.2, 0) is 0 Å². The zero-order valence-electron chi connectivity index (χ0n) is 11.3. The molecule has 0 atom stereocenters. The lowest BCUT2D eigenvalue weighted by Gasteiger charge is -2.30. The molecule has 1 saturated heterocycles. The van der Waals surface area contributed by atoms with Gasteiger partial charge < -0.3 is 4.90 Å². The highest BCUT2D eigenvalue weighted by molar-refractivity contribution is 5.94. The zero-order chi connectivity index (χ0) is 13.0. The fourth-order valence-electron chi connectivity index (χ4n) is 2.05. The highest BCUT2D eigenvalue weighted by Crippen LogP contribution is 2.16. The molecule has 0 aromatic carbocycles. The lowest BCUT2D eigenvalue weighted by Crippen LogP contribution is -2.36. The van der Waals surface area contributed by atoms with Gasteiger partial charge in [-0.25, -0.2) is 10.0 Å². The fourth-order valence-corrected chi connectivity index (χ4v) is 2.05. The van der Waals surface area contributed by atoms with Gasteiger partial charge in [-0.05, 0) is 31.3 Å². The van der Waals surface area contributed by atoms with Gasteiger partial charge in [-0.3, -0.25) is 0 Å². The van der Waals surface area contributed by atoms with Crippen molar-refractivity contribution in [3.8, 4) is 0 Å². The highest BCUT2D eigenvalue weighted by atomic mass is 15.5. The Labute approximate surface area is 109 Å². The predicted octanol–water partition coefficient (Wildman–Crippen LogP) is 2.81. The second-order valence-electron chi connectivity index (χ2n) is 5.10. The summed E-state index contributed by atoms with van der Waals surface area (Å²) in [7, 11) is 0. The second-order valence-corrected chi connectivity index (χ2v) is 5.10. The number of likely N-dealkylation sites (tertiary alicyclic amines) is 1. The topological polar surface area (TPSA) is 31.2 Å². The van der Waals surface area contributed by atoms with Crippen LogP contribution in [0.15, 0.2) is 34.8 Å². The van der Waals surface area contributed by atoms with E-state index >= 15 is 0 Å². The van der Waals surface area contributed by atoms with Crippen LogP contribution in [0, 0.1) is 5.92 Å². The van der Waals surface area contributed by atoms with E-state index in [9.17, 15) is 0 Å². The molecular formula is C14H22N4. The lowest BCUT2D eigenvalue weighted by atomic mass is 10.1. The Bertz CT molecular complexity index is 387. The second kappa shape index (κ2) is 5.85. The number of nitrogens with zero attached hydrogens (tertiary/aromatic N) is 4. The number of amidine groups is 1. The molecule has 98 valence electrons. The Kier molecular flexibility index (Phi) is 4.18. The van der Waals surface area contributed by atoms with Crippen molar-refractivity contribution < 1.29 is 0 Å². The Hall–Kier alpha value is -1.58. The van der Waals surface area contributed by atoms with Gasteiger partial charge in [0.1, 0.15) is 11.7 Å². The minimum Gasteiger partial charge on any atom is -0.357 e. The van der Waals surface area contributed by atoms with E-state index < -0.39 is 0 Å². The van der Waals surface area contributed by atoms with Gasteiger partial charge in [-0.2, -0.15) is 5.10 Å². The average molecular weight is 246 g/mol. The first-order chi connectivity index (χ1) is 8.66. The molecule has 0 amide bonds. The number of hydrogen-bond donors (Lipinski definition) is 0. The molecule has 0 saturated carbocycles. The monoisotopic (exact) mass is 246 g/mol. The average Bonchev–Trinajstić information content (AvgIpc) is 2.38. The summed E-state index contributed by atoms with van der Waals surface area (Å²) in [6.45, 7) is 10.4. The van der Waals surface area contributed by atoms with Crippen LogP contribution in [0.5, 0.6) is 0 Å². The smallest absolute Gasteiger partial charge is 0.148 e. The van der Waals surface area contributed by atoms with Gasteiger partial charge in [0.25, 0.3) is 0 Å². The molecule has 0 spiro atoms. The molecule has 1 fully saturated rings. The summed E-state index contributed by atoms with van der Waals surface area (Å²) in [6, 6.07) is 0. The first-order valence-electron chi connectivity index (χ1n) is 6.71. The van der Waals surface area contributed by atoms with Crippen molar-refractivity contribution in [2.45, 2.75) is 33.1 Å². The first-order valence-corrected chi connectivity index (χ1v) is 6.71. The van der Waals surface area contributed by atoms with Crippen LogP contribution in [0.25, 0.3) is 0 Å². The van der Waals surface area contributed by atoms with E-state index in [1.807, 2.05) is 18.5 Å². The van der Waals surface area contributed by atoms with Crippen molar-refractivity contribution in [1.29, 1.82) is 0 Å². The van der Waals surface area contributed by atoms with Crippen molar-refractivity contribution >= 4 is 12.1 Å². The summed E-state index contributed by atoms with van der Waals surface area (Å²) in [4.78, 5) is 6.87. The number of rotatable bonds is 2. The molecule has 2 aliphatic heterocycles. The third-order valence-electron chi connectivity index (χ3n) is 3.04. The van der Waals surface area contributed by atoms with Gasteiger partial charge in [-0.15, -0.1) is 0 Å². The first kappa shape index (κ1) is 12.9. The molecule has 0 unspecified atom stereocenters. The predicted molar refractivity (Wildman–Crippen MR) is 76.3 cm³/mol. The van der Waals surface area contributed by atoms with Gasteiger partial charge in [0, 0.05) is 25.5 Å². The van der Waals surface area contributed by atoms with Crippen LogP contribution < -0.4 is 0 Å². The summed E-state index contributed by atoms with van der Waals surface area (Å²) in [5, 5.41) is 6.07. The summed E-state index contributed by atoms with van der Waals surface area (Å²) in [5.74, 6) is 2.14. The normalized spacial score (nSPS) is 21.1. The van der Waals surface area contributed by atoms with Gasteiger partial charge in [0.15, 0.2) is 0 Å². The van der Waals surface area contributed by atoms with Crippen LogP contribution >= 0.6 is 0 Å². The fraction of sp³-hybridized carbons (Fsp3) is 0.571. The van der Waals surface area contributed by atoms with E-state index in [0.29, 0.717) is 11.7 Å². The van der Waals surface area contributed by atoms with Crippen LogP contribution in [-0.4, -0.2) is 35.0 Å². The Morgan fingerprint density at radius 2 is 2.06 bits per heavy atom. The van der Waals surface area contributed by atoms with E-state index in [1.54, 1.807) is 5.01 Å². The molecule has 4 heteroatoms. The van der Waals surface area contributed by atoms with Crippen LogP contribution in [0.4, 0.5) is 0 Å². The summed E-state index contributed by atoms with van der Waals surface area (Å²) in [6.07, 6.45) is 9.72. The van der Waals surface area contributed by atoms with E-state index in [-0.39, 0.29) is 0 Å². The highest BCUT2D eigenvalue weighted by Gasteiger charge is 2.17. The maximum Gasteiger partial charge on any atom is 0.148 e. The molecule has 4 nitrogen and oxygen atoms in total. The van der Waals surface area contributed by atoms with E-state index in [1.165, 1.54) is 19.3 Å². The quantitative estimate of drug-likeness (QED) is 0.702. The largest absolute Gasteiger partial charge is 0.357 e. The third kappa shape index (κ3) is 3.22. The molecular weight excluding hydrogens is 224 g/mol. The van der Waals surface area contributed by atoms with E-state index in [0.717, 1.165) is 18.9 Å². The van der Waals surface area contributed by atoms with Crippen LogP contribution in [0.3, 0.4) is 0 Å². The van der Waals surface area contributed by atoms with Gasteiger partial charge in [0.05, 0.1) is 0 Å². The molecule has 0 aromatic heterocycles. The van der Waals surface area contributed by atoms with Crippen molar-refractivity contribution in [2.75, 3.05) is 13.1 Å². The zero-order valence-corrected chi connectivity index (χ0v) is 11.3. The van der Waals surface area contributed by atoms with E-state index in [2.05, 4.69) is 35.4 Å². The lowest BCUT2D eigenvalue weighted by molar-refractivity contribution is 0.340. The summed E-state index contributed by atoms with van der Waals surface area (Å²) in [5.41, 5.74) is 0. The number of hydrazone groups is 1. The molecule has 0 aromatic rings. The molecule has 0 bridgehead atoms. The van der Waals surface area contributed by atoms with Gasteiger partial charge >= 0.3 is 0 Å². The number of piperidine rings is 1. The number of hydrogen-bond acceptors (Lipinski definition) is 4. The molecule has 0 N–H and O–H groups in total. The molecule has 2 heterocycles. The molecule has 2 aliphatic rings. The SMILES string of the molecule is C=C1N=C(N2CCCCC2)C=CN1/N=C/C(C)C. The van der Waals surface area contributed by atoms with Crippen LogP contribution in [0.2, 0.25) is 0 Å². The Morgan fingerprint density at radius 3 is 2.67 bits per heavy atom. The standard InChI is InChI=1S/C14H22N4/c1-12(2)11-15-18-10-7-14(16-13(18)3)17-8-5-4-6-9-17/h7,10-12H,3-6,8-9H2,1-2H3/b15-11+. The summed E-state index contributed by atoms with van der Waals surface area (Å²) >= 11 is 0. The third-order valence-corrected chi connectivity index (χ3v) is 3.04. The molecule has 0 radical (unpaired) electrons. The maximum atomic E-state index is 4.54. The van der Waals surface area contributed by atoms with E-state index in [4.69, 9.17) is 0 Å². The van der Waals surface area contributed by atoms with Gasteiger partial charge in [-0.1, -0.05) is 20.4 Å². The Morgan fingerprint density at radius 1 is 1.33 bits per heavy atom. The minimum atomic E-state index is 0.429. The van der Waals surface area contributed by atoms with Crippen molar-refractivity contribution in [2.24, 2.45) is 16.0 Å². The van der Waals surface area contributed by atoms with Crippen molar-refractivity contribution in [3.05, 3.63) is 24.7 Å². The Balaban J connectivity index is 2.00. The van der Waals surface area contributed by atoms with Crippen molar-refractivity contribution in [3.63, 3.8) is 0 Å². The summed E-state index contributed by atoms with van der Waals surface area (Å²) < 4.78 is 0. The van der Waals surface area contributed by atoms with Crippen molar-refractivity contribution in [1.82, 2.24) is 9.91 Å². The molecule has 2 rings (SSSR count). The molecule has 18 heavy (non-hydrogen) atoms.